The Morgan fingerprint density at radius 2 is 1.92 bits per heavy atom. The molecule has 0 saturated carbocycles. The van der Waals surface area contributed by atoms with E-state index in [0.717, 1.165) is 36.0 Å². The Hall–Kier alpha value is -2.32. The van der Waals surface area contributed by atoms with Gasteiger partial charge >= 0.3 is 0 Å². The molecule has 3 rings (SSSR count). The topological polar surface area (TPSA) is 61.2 Å². The molecule has 24 heavy (non-hydrogen) atoms. The minimum atomic E-state index is -3.42. The number of nitriles is 1. The van der Waals surface area contributed by atoms with Gasteiger partial charge in [0.25, 0.3) is 0 Å². The molecule has 0 aliphatic heterocycles. The highest BCUT2D eigenvalue weighted by Crippen LogP contribution is 2.37. The van der Waals surface area contributed by atoms with Gasteiger partial charge < -0.3 is 0 Å². The maximum absolute atomic E-state index is 12.4. The number of anilines is 1. The van der Waals surface area contributed by atoms with Crippen LogP contribution >= 0.6 is 0 Å². The van der Waals surface area contributed by atoms with Crippen LogP contribution in [0.3, 0.4) is 0 Å². The maximum atomic E-state index is 12.4. The second-order valence-electron chi connectivity index (χ2n) is 6.17. The zero-order chi connectivity index (χ0) is 17.2. The second-order valence-corrected chi connectivity index (χ2v) is 8.08. The lowest BCUT2D eigenvalue weighted by Gasteiger charge is -2.29. The van der Waals surface area contributed by atoms with Crippen molar-refractivity contribution in [3.8, 4) is 6.07 Å². The fraction of sp³-hybridized carbons (Fsp3) is 0.316. The zero-order valence-corrected chi connectivity index (χ0v) is 14.5. The highest BCUT2D eigenvalue weighted by atomic mass is 32.2. The number of hydrogen-bond donors (Lipinski definition) is 0. The van der Waals surface area contributed by atoms with Gasteiger partial charge in [-0.25, -0.2) is 8.42 Å². The van der Waals surface area contributed by atoms with Gasteiger partial charge in [0.05, 0.1) is 30.5 Å². The Morgan fingerprint density at radius 3 is 2.58 bits per heavy atom. The predicted molar refractivity (Wildman–Crippen MR) is 95.2 cm³/mol. The highest BCUT2D eigenvalue weighted by Gasteiger charge is 2.27. The smallest absolute Gasteiger partial charge is 0.232 e. The monoisotopic (exact) mass is 340 g/mol. The zero-order valence-electron chi connectivity index (χ0n) is 13.6. The average Bonchev–Trinajstić information content (AvgIpc) is 2.58. The molecule has 124 valence electrons. The van der Waals surface area contributed by atoms with Crippen LogP contribution in [-0.2, 0) is 23.0 Å². The summed E-state index contributed by atoms with van der Waals surface area (Å²) < 4.78 is 26.3. The Balaban J connectivity index is 2.08. The van der Waals surface area contributed by atoms with E-state index in [1.807, 2.05) is 48.5 Å². The van der Waals surface area contributed by atoms with Gasteiger partial charge in [0, 0.05) is 0 Å². The molecule has 0 fully saturated rings. The van der Waals surface area contributed by atoms with Crippen LogP contribution in [0.2, 0.25) is 0 Å². The van der Waals surface area contributed by atoms with Crippen molar-refractivity contribution in [2.75, 3.05) is 10.6 Å². The molecule has 0 amide bonds. The maximum Gasteiger partial charge on any atom is 0.232 e. The summed E-state index contributed by atoms with van der Waals surface area (Å²) in [4.78, 5) is 0. The number of fused-ring (bicyclic) bond motifs is 1. The molecule has 5 heteroatoms. The summed E-state index contributed by atoms with van der Waals surface area (Å²) >= 11 is 0. The van der Waals surface area contributed by atoms with Crippen molar-refractivity contribution in [2.24, 2.45) is 0 Å². The lowest BCUT2D eigenvalue weighted by atomic mass is 9.83. The van der Waals surface area contributed by atoms with E-state index in [1.54, 1.807) is 0 Å². The SMILES string of the molecule is CS(=O)(=O)N(Cc1ccccc1)c1cccc2c1CCCC2C#N. The molecule has 4 nitrogen and oxygen atoms in total. The summed E-state index contributed by atoms with van der Waals surface area (Å²) in [5.41, 5.74) is 3.62. The molecular weight excluding hydrogens is 320 g/mol. The van der Waals surface area contributed by atoms with Crippen LogP contribution in [0.15, 0.2) is 48.5 Å². The van der Waals surface area contributed by atoms with Crippen LogP contribution in [0.1, 0.15) is 35.4 Å². The molecule has 1 aliphatic rings. The Labute approximate surface area is 143 Å². The van der Waals surface area contributed by atoms with Gasteiger partial charge in [-0.2, -0.15) is 5.26 Å². The third-order valence-corrected chi connectivity index (χ3v) is 5.60. The molecule has 0 N–H and O–H groups in total. The third kappa shape index (κ3) is 3.29. The molecule has 1 atom stereocenters. The summed E-state index contributed by atoms with van der Waals surface area (Å²) in [6, 6.07) is 17.6. The van der Waals surface area contributed by atoms with E-state index >= 15 is 0 Å². The summed E-state index contributed by atoms with van der Waals surface area (Å²) in [5.74, 6) is -0.146. The first-order valence-corrected chi connectivity index (χ1v) is 9.88. The van der Waals surface area contributed by atoms with E-state index in [0.29, 0.717) is 12.2 Å². The molecule has 2 aromatic rings. The number of nitrogens with zero attached hydrogens (tertiary/aromatic N) is 2. The van der Waals surface area contributed by atoms with Crippen LogP contribution < -0.4 is 4.31 Å². The van der Waals surface area contributed by atoms with Crippen molar-refractivity contribution >= 4 is 15.7 Å². The molecular formula is C19H20N2O2S. The van der Waals surface area contributed by atoms with Gasteiger partial charge in [0.2, 0.25) is 10.0 Å². The molecule has 0 bridgehead atoms. The van der Waals surface area contributed by atoms with E-state index < -0.39 is 10.0 Å². The summed E-state index contributed by atoms with van der Waals surface area (Å²) in [7, 11) is -3.42. The standard InChI is InChI=1S/C19H20N2O2S/c1-24(22,23)21(14-15-7-3-2-4-8-15)19-12-6-10-17-16(13-20)9-5-11-18(17)19/h2-4,6-8,10,12,16H,5,9,11,14H2,1H3. The molecule has 2 aromatic carbocycles. The summed E-state index contributed by atoms with van der Waals surface area (Å²) in [6.07, 6.45) is 3.79. The Morgan fingerprint density at radius 1 is 1.17 bits per heavy atom. The number of sulfonamides is 1. The first-order chi connectivity index (χ1) is 11.5. The van der Waals surface area contributed by atoms with Crippen LogP contribution in [0.5, 0.6) is 0 Å². The van der Waals surface area contributed by atoms with Gasteiger partial charge in [0.1, 0.15) is 0 Å². The Bertz CT molecular complexity index is 870. The molecule has 1 aliphatic carbocycles. The van der Waals surface area contributed by atoms with E-state index in [-0.39, 0.29) is 5.92 Å². The van der Waals surface area contributed by atoms with E-state index in [2.05, 4.69) is 6.07 Å². The third-order valence-electron chi connectivity index (χ3n) is 4.48. The van der Waals surface area contributed by atoms with Crippen LogP contribution in [0, 0.1) is 11.3 Å². The van der Waals surface area contributed by atoms with E-state index in [1.165, 1.54) is 10.6 Å². The van der Waals surface area contributed by atoms with Gasteiger partial charge in [-0.3, -0.25) is 4.31 Å². The molecule has 0 heterocycles. The van der Waals surface area contributed by atoms with Crippen LogP contribution in [-0.4, -0.2) is 14.7 Å². The molecule has 1 unspecified atom stereocenters. The fourth-order valence-corrected chi connectivity index (χ4v) is 4.24. The van der Waals surface area contributed by atoms with Gasteiger partial charge in [-0.05, 0) is 42.0 Å². The van der Waals surface area contributed by atoms with Crippen LogP contribution in [0.4, 0.5) is 5.69 Å². The molecule has 0 aromatic heterocycles. The van der Waals surface area contributed by atoms with E-state index in [9.17, 15) is 13.7 Å². The number of rotatable bonds is 4. The lowest BCUT2D eigenvalue weighted by Crippen LogP contribution is -2.31. The van der Waals surface area contributed by atoms with E-state index in [4.69, 9.17) is 0 Å². The van der Waals surface area contributed by atoms with Crippen molar-refractivity contribution in [1.29, 1.82) is 5.26 Å². The van der Waals surface area contributed by atoms with Crippen molar-refractivity contribution in [3.63, 3.8) is 0 Å². The van der Waals surface area contributed by atoms with Gasteiger partial charge in [-0.1, -0.05) is 42.5 Å². The minimum Gasteiger partial charge on any atom is -0.266 e. The van der Waals surface area contributed by atoms with Crippen LogP contribution in [0.25, 0.3) is 0 Å². The molecule has 0 saturated heterocycles. The van der Waals surface area contributed by atoms with Crippen molar-refractivity contribution in [2.45, 2.75) is 31.7 Å². The quantitative estimate of drug-likeness (QED) is 0.854. The molecule has 0 radical (unpaired) electrons. The first kappa shape index (κ1) is 16.5. The minimum absolute atomic E-state index is 0.146. The largest absolute Gasteiger partial charge is 0.266 e. The normalized spacial score (nSPS) is 16.9. The molecule has 0 spiro atoms. The van der Waals surface area contributed by atoms with Crippen molar-refractivity contribution in [3.05, 3.63) is 65.2 Å². The predicted octanol–water partition coefficient (Wildman–Crippen LogP) is 3.60. The second kappa shape index (κ2) is 6.66. The number of benzene rings is 2. The van der Waals surface area contributed by atoms with Crippen molar-refractivity contribution in [1.82, 2.24) is 0 Å². The fourth-order valence-electron chi connectivity index (χ4n) is 3.33. The average molecular weight is 340 g/mol. The highest BCUT2D eigenvalue weighted by molar-refractivity contribution is 7.92. The number of hydrogen-bond acceptors (Lipinski definition) is 3. The van der Waals surface area contributed by atoms with Gasteiger partial charge in [-0.15, -0.1) is 0 Å². The summed E-state index contributed by atoms with van der Waals surface area (Å²) in [6.45, 7) is 0.299. The van der Waals surface area contributed by atoms with Gasteiger partial charge in [0.15, 0.2) is 0 Å². The first-order valence-electron chi connectivity index (χ1n) is 8.04. The Kier molecular flexibility index (Phi) is 4.59. The van der Waals surface area contributed by atoms with Crippen molar-refractivity contribution < 1.29 is 8.42 Å². The summed E-state index contributed by atoms with van der Waals surface area (Å²) in [5, 5.41) is 9.38. The lowest BCUT2D eigenvalue weighted by molar-refractivity contribution is 0.594.